The van der Waals surface area contributed by atoms with Crippen LogP contribution in [0, 0.1) is 0 Å². The zero-order chi connectivity index (χ0) is 19.4. The third-order valence-corrected chi connectivity index (χ3v) is 4.31. The van der Waals surface area contributed by atoms with Crippen LogP contribution in [0.25, 0.3) is 0 Å². The fourth-order valence-electron chi connectivity index (χ4n) is 2.79. The van der Waals surface area contributed by atoms with Gasteiger partial charge in [0.15, 0.2) is 6.61 Å². The predicted molar refractivity (Wildman–Crippen MR) is 106 cm³/mol. The predicted octanol–water partition coefficient (Wildman–Crippen LogP) is 3.32. The lowest BCUT2D eigenvalue weighted by Gasteiger charge is -2.28. The molecule has 140 valence electrons. The summed E-state index contributed by atoms with van der Waals surface area (Å²) in [6, 6.07) is 15.2. The first kappa shape index (κ1) is 18.6. The highest BCUT2D eigenvalue weighted by Gasteiger charge is 2.26. The van der Waals surface area contributed by atoms with E-state index in [0.29, 0.717) is 11.4 Å². The summed E-state index contributed by atoms with van der Waals surface area (Å²) in [5, 5.41) is 6.62. The summed E-state index contributed by atoms with van der Waals surface area (Å²) in [5.74, 6) is -0.554. The summed E-state index contributed by atoms with van der Waals surface area (Å²) in [5.41, 5.74) is 3.49. The van der Waals surface area contributed by atoms with Crippen molar-refractivity contribution in [1.82, 2.24) is 0 Å². The Balaban J connectivity index is 1.58. The molecule has 1 N–H and O–H groups in total. The molecule has 1 aliphatic heterocycles. The Morgan fingerprint density at radius 1 is 1.19 bits per heavy atom. The van der Waals surface area contributed by atoms with E-state index in [2.05, 4.69) is 43.4 Å². The topological polar surface area (TPSA) is 71.0 Å². The molecule has 3 rings (SSSR count). The van der Waals surface area contributed by atoms with Gasteiger partial charge in [-0.2, -0.15) is 0 Å². The van der Waals surface area contributed by atoms with E-state index in [1.165, 1.54) is 10.5 Å². The van der Waals surface area contributed by atoms with Crippen molar-refractivity contribution >= 4 is 29.4 Å². The highest BCUT2D eigenvalue weighted by Crippen LogP contribution is 2.28. The van der Waals surface area contributed by atoms with Gasteiger partial charge in [0, 0.05) is 0 Å². The lowest BCUT2D eigenvalue weighted by molar-refractivity contribution is -0.125. The maximum Gasteiger partial charge on any atom is 0.268 e. The molecule has 0 saturated carbocycles. The zero-order valence-electron chi connectivity index (χ0n) is 15.7. The van der Waals surface area contributed by atoms with Gasteiger partial charge in [0.25, 0.3) is 5.91 Å². The molecule has 27 heavy (non-hydrogen) atoms. The Morgan fingerprint density at radius 3 is 2.59 bits per heavy atom. The number of nitrogens with zero attached hydrogens (tertiary/aromatic N) is 2. The maximum absolute atomic E-state index is 12.4. The smallest absolute Gasteiger partial charge is 0.268 e. The standard InChI is InChI=1S/C21H23N3O3/c1-21(2,3)16-10-8-15(9-11-16)12-22-27-14-20(26)24-13-19(25)23-17-6-4-5-7-18(17)24/h4-12H,13-14H2,1-3H3,(H,23,25). The van der Waals surface area contributed by atoms with Crippen LogP contribution in [0.1, 0.15) is 31.9 Å². The zero-order valence-corrected chi connectivity index (χ0v) is 15.7. The molecule has 2 aromatic rings. The second-order valence-electron chi connectivity index (χ2n) is 7.43. The molecule has 0 aliphatic carbocycles. The van der Waals surface area contributed by atoms with E-state index in [0.717, 1.165) is 5.56 Å². The molecule has 0 unspecified atom stereocenters. The van der Waals surface area contributed by atoms with Crippen molar-refractivity contribution < 1.29 is 14.4 Å². The minimum atomic E-state index is -0.322. The molecule has 2 aromatic carbocycles. The molecule has 6 heteroatoms. The summed E-state index contributed by atoms with van der Waals surface area (Å²) in [7, 11) is 0. The average molecular weight is 365 g/mol. The van der Waals surface area contributed by atoms with Crippen molar-refractivity contribution in [3.63, 3.8) is 0 Å². The third-order valence-electron chi connectivity index (χ3n) is 4.31. The number of oxime groups is 1. The molecule has 0 atom stereocenters. The highest BCUT2D eigenvalue weighted by molar-refractivity contribution is 6.10. The number of carbonyl (C=O) groups is 2. The quantitative estimate of drug-likeness (QED) is 0.667. The Hall–Kier alpha value is -3.15. The maximum atomic E-state index is 12.4. The number of amides is 2. The number of carbonyl (C=O) groups excluding carboxylic acids is 2. The molecular formula is C21H23N3O3. The van der Waals surface area contributed by atoms with Crippen molar-refractivity contribution in [2.24, 2.45) is 5.16 Å². The molecule has 6 nitrogen and oxygen atoms in total. The number of fused-ring (bicyclic) bond motifs is 1. The van der Waals surface area contributed by atoms with Gasteiger partial charge in [-0.25, -0.2) is 0 Å². The molecule has 0 radical (unpaired) electrons. The second kappa shape index (κ2) is 7.61. The Morgan fingerprint density at radius 2 is 1.89 bits per heavy atom. The Labute approximate surface area is 158 Å². The number of hydrogen-bond donors (Lipinski definition) is 1. The summed E-state index contributed by atoms with van der Waals surface area (Å²) in [4.78, 5) is 30.7. The first-order chi connectivity index (χ1) is 12.8. The summed E-state index contributed by atoms with van der Waals surface area (Å²) < 4.78 is 0. The van der Waals surface area contributed by atoms with Crippen LogP contribution in [0.2, 0.25) is 0 Å². The molecule has 0 bridgehead atoms. The summed E-state index contributed by atoms with van der Waals surface area (Å²) >= 11 is 0. The number of nitrogens with one attached hydrogen (secondary N) is 1. The van der Waals surface area contributed by atoms with E-state index in [1.54, 1.807) is 24.4 Å². The third kappa shape index (κ3) is 4.53. The SMILES string of the molecule is CC(C)(C)c1ccc(C=NOCC(=O)N2CC(=O)Nc3ccccc32)cc1. The van der Waals surface area contributed by atoms with Crippen LogP contribution in [0.5, 0.6) is 0 Å². The number of rotatable bonds is 4. The summed E-state index contributed by atoms with van der Waals surface area (Å²) in [6.07, 6.45) is 1.57. The van der Waals surface area contributed by atoms with E-state index in [-0.39, 0.29) is 30.4 Å². The van der Waals surface area contributed by atoms with E-state index < -0.39 is 0 Å². The molecule has 0 aromatic heterocycles. The minimum absolute atomic E-state index is 0.0306. The average Bonchev–Trinajstić information content (AvgIpc) is 2.64. The second-order valence-corrected chi connectivity index (χ2v) is 7.43. The van der Waals surface area contributed by atoms with E-state index >= 15 is 0 Å². The molecule has 0 saturated heterocycles. The van der Waals surface area contributed by atoms with Crippen LogP contribution in [-0.2, 0) is 19.8 Å². The van der Waals surface area contributed by atoms with Gasteiger partial charge in [0.1, 0.15) is 6.54 Å². The minimum Gasteiger partial charge on any atom is -0.386 e. The van der Waals surface area contributed by atoms with Crippen LogP contribution in [0.3, 0.4) is 0 Å². The molecule has 1 heterocycles. The van der Waals surface area contributed by atoms with Gasteiger partial charge >= 0.3 is 0 Å². The van der Waals surface area contributed by atoms with Crippen LogP contribution in [0.4, 0.5) is 11.4 Å². The van der Waals surface area contributed by atoms with Crippen LogP contribution < -0.4 is 10.2 Å². The van der Waals surface area contributed by atoms with Gasteiger partial charge in [0.05, 0.1) is 17.6 Å². The highest BCUT2D eigenvalue weighted by atomic mass is 16.6. The largest absolute Gasteiger partial charge is 0.386 e. The van der Waals surface area contributed by atoms with E-state index in [9.17, 15) is 9.59 Å². The van der Waals surface area contributed by atoms with Crippen LogP contribution >= 0.6 is 0 Å². The van der Waals surface area contributed by atoms with Crippen molar-refractivity contribution in [3.8, 4) is 0 Å². The van der Waals surface area contributed by atoms with E-state index in [4.69, 9.17) is 4.84 Å². The van der Waals surface area contributed by atoms with Crippen molar-refractivity contribution in [2.45, 2.75) is 26.2 Å². The van der Waals surface area contributed by atoms with Gasteiger partial charge in [-0.15, -0.1) is 0 Å². The monoisotopic (exact) mass is 365 g/mol. The fraction of sp³-hybridized carbons (Fsp3) is 0.286. The normalized spacial score (nSPS) is 14.0. The molecule has 0 fully saturated rings. The fourth-order valence-corrected chi connectivity index (χ4v) is 2.79. The van der Waals surface area contributed by atoms with Gasteiger partial charge in [-0.3, -0.25) is 14.5 Å². The lowest BCUT2D eigenvalue weighted by Crippen LogP contribution is -2.43. The van der Waals surface area contributed by atoms with E-state index in [1.807, 2.05) is 18.2 Å². The first-order valence-electron chi connectivity index (χ1n) is 8.80. The number of anilines is 2. The van der Waals surface area contributed by atoms with Gasteiger partial charge in [-0.05, 0) is 28.7 Å². The Bertz CT molecular complexity index is 867. The van der Waals surface area contributed by atoms with Crippen LogP contribution in [-0.4, -0.2) is 31.2 Å². The van der Waals surface area contributed by atoms with Gasteiger partial charge < -0.3 is 10.2 Å². The first-order valence-corrected chi connectivity index (χ1v) is 8.80. The lowest BCUT2D eigenvalue weighted by atomic mass is 9.87. The van der Waals surface area contributed by atoms with Crippen molar-refractivity contribution in [2.75, 3.05) is 23.4 Å². The van der Waals surface area contributed by atoms with Gasteiger partial charge in [-0.1, -0.05) is 62.3 Å². The molecule has 2 amide bonds. The molecular weight excluding hydrogens is 342 g/mol. The molecule has 0 spiro atoms. The number of benzene rings is 2. The summed E-state index contributed by atoms with van der Waals surface area (Å²) in [6.45, 7) is 6.20. The number of para-hydroxylation sites is 2. The van der Waals surface area contributed by atoms with Crippen molar-refractivity contribution in [3.05, 3.63) is 59.7 Å². The molecule has 1 aliphatic rings. The van der Waals surface area contributed by atoms with Crippen LogP contribution in [0.15, 0.2) is 53.7 Å². The number of hydrogen-bond acceptors (Lipinski definition) is 4. The van der Waals surface area contributed by atoms with Crippen molar-refractivity contribution in [1.29, 1.82) is 0 Å². The van der Waals surface area contributed by atoms with Gasteiger partial charge in [0.2, 0.25) is 5.91 Å². The Kier molecular flexibility index (Phi) is 5.26.